The van der Waals surface area contributed by atoms with Gasteiger partial charge in [0.25, 0.3) is 0 Å². The van der Waals surface area contributed by atoms with Gasteiger partial charge in [0.05, 0.1) is 25.2 Å². The highest BCUT2D eigenvalue weighted by Gasteiger charge is 2.18. The van der Waals surface area contributed by atoms with Crippen molar-refractivity contribution in [1.82, 2.24) is 4.90 Å². The Balaban J connectivity index is 2.92. The molecule has 1 rings (SSSR count). The Hall–Kier alpha value is -1.59. The van der Waals surface area contributed by atoms with E-state index in [1.165, 1.54) is 0 Å². The molecule has 5 heteroatoms. The topological polar surface area (TPSA) is 76.8 Å². The van der Waals surface area contributed by atoms with Crippen molar-refractivity contribution in [3.63, 3.8) is 0 Å². The molecule has 0 bridgehead atoms. The third-order valence-corrected chi connectivity index (χ3v) is 2.72. The first-order valence-electron chi connectivity index (χ1n) is 5.16. The Labute approximate surface area is 106 Å². The second kappa shape index (κ2) is 6.88. The summed E-state index contributed by atoms with van der Waals surface area (Å²) in [4.78, 5) is 1.74. The standard InChI is InChI=1S/C12H13ClN4/c13-11-3-1-10(2-4-11)12(9-16)17(7-5-14)8-6-15/h1-4,12H,7-9,16H2. The van der Waals surface area contributed by atoms with E-state index in [2.05, 4.69) is 0 Å². The third-order valence-electron chi connectivity index (χ3n) is 2.47. The summed E-state index contributed by atoms with van der Waals surface area (Å²) < 4.78 is 0. The first-order chi connectivity index (χ1) is 8.22. The maximum atomic E-state index is 8.74. The van der Waals surface area contributed by atoms with E-state index in [0.717, 1.165) is 5.56 Å². The van der Waals surface area contributed by atoms with Gasteiger partial charge in [-0.15, -0.1) is 0 Å². The molecule has 0 heterocycles. The van der Waals surface area contributed by atoms with Gasteiger partial charge in [0.2, 0.25) is 0 Å². The number of nitriles is 2. The molecule has 0 amide bonds. The van der Waals surface area contributed by atoms with Crippen molar-refractivity contribution < 1.29 is 0 Å². The van der Waals surface area contributed by atoms with Crippen LogP contribution in [-0.2, 0) is 0 Å². The lowest BCUT2D eigenvalue weighted by molar-refractivity contribution is 0.254. The molecule has 0 aromatic heterocycles. The van der Waals surface area contributed by atoms with E-state index in [1.54, 1.807) is 17.0 Å². The fourth-order valence-electron chi connectivity index (χ4n) is 1.64. The molecule has 1 unspecified atom stereocenters. The Bertz CT molecular complexity index is 413. The zero-order valence-corrected chi connectivity index (χ0v) is 10.1. The highest BCUT2D eigenvalue weighted by molar-refractivity contribution is 6.30. The first-order valence-corrected chi connectivity index (χ1v) is 5.54. The Kier molecular flexibility index (Phi) is 5.45. The molecule has 0 spiro atoms. The zero-order chi connectivity index (χ0) is 12.7. The van der Waals surface area contributed by atoms with Crippen molar-refractivity contribution in [2.45, 2.75) is 6.04 Å². The van der Waals surface area contributed by atoms with E-state index in [-0.39, 0.29) is 19.1 Å². The van der Waals surface area contributed by atoms with E-state index in [4.69, 9.17) is 27.9 Å². The lowest BCUT2D eigenvalue weighted by Gasteiger charge is -2.26. The highest BCUT2D eigenvalue weighted by atomic mass is 35.5. The Morgan fingerprint density at radius 2 is 1.71 bits per heavy atom. The second-order valence-corrected chi connectivity index (χ2v) is 3.96. The smallest absolute Gasteiger partial charge is 0.0879 e. The number of nitrogens with two attached hydrogens (primary N) is 1. The fraction of sp³-hybridized carbons (Fsp3) is 0.333. The van der Waals surface area contributed by atoms with Crippen molar-refractivity contribution in [3.05, 3.63) is 34.9 Å². The van der Waals surface area contributed by atoms with Crippen LogP contribution in [0.4, 0.5) is 0 Å². The molecule has 1 aromatic rings. The van der Waals surface area contributed by atoms with Crippen LogP contribution in [0.5, 0.6) is 0 Å². The SMILES string of the molecule is N#CCN(CC#N)C(CN)c1ccc(Cl)cc1. The van der Waals surface area contributed by atoms with E-state index in [0.29, 0.717) is 11.6 Å². The van der Waals surface area contributed by atoms with Crippen LogP contribution in [0.15, 0.2) is 24.3 Å². The van der Waals surface area contributed by atoms with Gasteiger partial charge < -0.3 is 5.73 Å². The summed E-state index contributed by atoms with van der Waals surface area (Å²) in [5.41, 5.74) is 6.67. The monoisotopic (exact) mass is 248 g/mol. The van der Waals surface area contributed by atoms with Gasteiger partial charge in [0.1, 0.15) is 0 Å². The summed E-state index contributed by atoms with van der Waals surface area (Å²) in [6.07, 6.45) is 0. The highest BCUT2D eigenvalue weighted by Crippen LogP contribution is 2.21. The molecule has 1 atom stereocenters. The number of halogens is 1. The zero-order valence-electron chi connectivity index (χ0n) is 9.31. The van der Waals surface area contributed by atoms with Crippen LogP contribution in [0.25, 0.3) is 0 Å². The van der Waals surface area contributed by atoms with Gasteiger partial charge >= 0.3 is 0 Å². The predicted octanol–water partition coefficient (Wildman–Crippen LogP) is 1.69. The molecule has 0 saturated carbocycles. The molecule has 2 N–H and O–H groups in total. The molecule has 0 aliphatic heterocycles. The maximum Gasteiger partial charge on any atom is 0.0879 e. The molecule has 17 heavy (non-hydrogen) atoms. The number of rotatable bonds is 5. The van der Waals surface area contributed by atoms with Crippen molar-refractivity contribution in [2.24, 2.45) is 5.73 Å². The van der Waals surface area contributed by atoms with Crippen molar-refractivity contribution >= 4 is 11.6 Å². The van der Waals surface area contributed by atoms with Gasteiger partial charge in [-0.25, -0.2) is 0 Å². The summed E-state index contributed by atoms with van der Waals surface area (Å²) in [6, 6.07) is 11.2. The summed E-state index contributed by atoms with van der Waals surface area (Å²) in [7, 11) is 0. The van der Waals surface area contributed by atoms with Crippen LogP contribution < -0.4 is 5.73 Å². The first kappa shape index (κ1) is 13.5. The van der Waals surface area contributed by atoms with Crippen LogP contribution in [0.2, 0.25) is 5.02 Å². The van der Waals surface area contributed by atoms with Crippen molar-refractivity contribution in [1.29, 1.82) is 10.5 Å². The Morgan fingerprint density at radius 3 is 2.12 bits per heavy atom. The summed E-state index contributed by atoms with van der Waals surface area (Å²) >= 11 is 5.81. The third kappa shape index (κ3) is 3.72. The maximum absolute atomic E-state index is 8.74. The average molecular weight is 249 g/mol. The van der Waals surface area contributed by atoms with Gasteiger partial charge in [-0.1, -0.05) is 23.7 Å². The fourth-order valence-corrected chi connectivity index (χ4v) is 1.76. The Morgan fingerprint density at radius 1 is 1.18 bits per heavy atom. The molecule has 0 radical (unpaired) electrons. The molecular weight excluding hydrogens is 236 g/mol. The predicted molar refractivity (Wildman–Crippen MR) is 66.0 cm³/mol. The summed E-state index contributed by atoms with van der Waals surface area (Å²) in [5.74, 6) is 0. The summed E-state index contributed by atoms with van der Waals surface area (Å²) in [5, 5.41) is 18.1. The van der Waals surface area contributed by atoms with E-state index in [1.807, 2.05) is 24.3 Å². The summed E-state index contributed by atoms with van der Waals surface area (Å²) in [6.45, 7) is 0.709. The molecule has 4 nitrogen and oxygen atoms in total. The van der Waals surface area contributed by atoms with Crippen LogP contribution >= 0.6 is 11.6 Å². The van der Waals surface area contributed by atoms with E-state index in [9.17, 15) is 0 Å². The molecule has 0 aliphatic rings. The molecule has 0 aliphatic carbocycles. The number of benzene rings is 1. The van der Waals surface area contributed by atoms with Gasteiger partial charge in [0, 0.05) is 17.6 Å². The minimum absolute atomic E-state index is 0.133. The number of hydrogen-bond acceptors (Lipinski definition) is 4. The lowest BCUT2D eigenvalue weighted by Crippen LogP contribution is -2.34. The van der Waals surface area contributed by atoms with Gasteiger partial charge in [0.15, 0.2) is 0 Å². The minimum Gasteiger partial charge on any atom is -0.329 e. The molecular formula is C12H13ClN4. The van der Waals surface area contributed by atoms with Crippen LogP contribution in [-0.4, -0.2) is 24.5 Å². The minimum atomic E-state index is -0.133. The van der Waals surface area contributed by atoms with Gasteiger partial charge in [-0.3, -0.25) is 4.90 Å². The molecule has 88 valence electrons. The van der Waals surface area contributed by atoms with E-state index >= 15 is 0 Å². The van der Waals surface area contributed by atoms with Crippen molar-refractivity contribution in [3.8, 4) is 12.1 Å². The number of hydrogen-bond donors (Lipinski definition) is 1. The van der Waals surface area contributed by atoms with Crippen LogP contribution in [0.1, 0.15) is 11.6 Å². The van der Waals surface area contributed by atoms with Gasteiger partial charge in [-0.05, 0) is 17.7 Å². The van der Waals surface area contributed by atoms with Gasteiger partial charge in [-0.2, -0.15) is 10.5 Å². The normalized spacial score (nSPS) is 11.8. The van der Waals surface area contributed by atoms with Crippen molar-refractivity contribution in [2.75, 3.05) is 19.6 Å². The number of nitrogens with zero attached hydrogens (tertiary/aromatic N) is 3. The second-order valence-electron chi connectivity index (χ2n) is 3.52. The largest absolute Gasteiger partial charge is 0.329 e. The molecule has 0 saturated heterocycles. The van der Waals surface area contributed by atoms with Crippen LogP contribution in [0.3, 0.4) is 0 Å². The van der Waals surface area contributed by atoms with Crippen LogP contribution in [0, 0.1) is 22.7 Å². The lowest BCUT2D eigenvalue weighted by atomic mass is 10.1. The molecule has 0 fully saturated rings. The molecule has 1 aromatic carbocycles. The average Bonchev–Trinajstić information content (AvgIpc) is 2.33. The quantitative estimate of drug-likeness (QED) is 0.805. The van der Waals surface area contributed by atoms with E-state index < -0.39 is 0 Å².